The van der Waals surface area contributed by atoms with Crippen LogP contribution in [-0.2, 0) is 4.79 Å². The lowest BCUT2D eigenvalue weighted by Crippen LogP contribution is -2.54. The van der Waals surface area contributed by atoms with Gasteiger partial charge in [0.25, 0.3) is 11.8 Å². The van der Waals surface area contributed by atoms with Crippen LogP contribution in [0.25, 0.3) is 0 Å². The van der Waals surface area contributed by atoms with Crippen LogP contribution in [-0.4, -0.2) is 55.1 Å². The van der Waals surface area contributed by atoms with E-state index in [2.05, 4.69) is 10.6 Å². The number of hydrogen-bond donors (Lipinski definition) is 2. The second-order valence-electron chi connectivity index (χ2n) is 9.29. The smallest absolute Gasteiger partial charge is 0.253 e. The van der Waals surface area contributed by atoms with Crippen LogP contribution in [0.1, 0.15) is 47.4 Å². The molecule has 8 nitrogen and oxygen atoms in total. The Labute approximate surface area is 209 Å². The molecule has 1 fully saturated rings. The fourth-order valence-electron chi connectivity index (χ4n) is 4.29. The highest BCUT2D eigenvalue weighted by Gasteiger charge is 2.34. The SMILES string of the molecule is CC(C)CNC(=O)C(NC(=O)c1ccc2c(c1)OCO2)C1CCN(C(=O)c2ccc(Cl)cc2)CC1. The highest BCUT2D eigenvalue weighted by molar-refractivity contribution is 6.30. The topological polar surface area (TPSA) is 97.0 Å². The quantitative estimate of drug-likeness (QED) is 0.608. The predicted octanol–water partition coefficient (Wildman–Crippen LogP) is 3.49. The number of amides is 3. The molecule has 0 aromatic heterocycles. The highest BCUT2D eigenvalue weighted by atomic mass is 35.5. The van der Waals surface area contributed by atoms with Gasteiger partial charge in [-0.3, -0.25) is 14.4 Å². The fourth-order valence-corrected chi connectivity index (χ4v) is 4.41. The molecule has 1 atom stereocenters. The molecular formula is C26H30ClN3O5. The van der Waals surface area contributed by atoms with E-state index in [0.29, 0.717) is 60.1 Å². The molecule has 2 aliphatic heterocycles. The largest absolute Gasteiger partial charge is 0.454 e. The minimum absolute atomic E-state index is 0.0645. The molecule has 2 aliphatic rings. The van der Waals surface area contributed by atoms with Gasteiger partial charge in [-0.05, 0) is 67.1 Å². The number of likely N-dealkylation sites (tertiary alicyclic amines) is 1. The van der Waals surface area contributed by atoms with E-state index in [9.17, 15) is 14.4 Å². The lowest BCUT2D eigenvalue weighted by molar-refractivity contribution is -0.124. The first-order valence-corrected chi connectivity index (χ1v) is 12.2. The fraction of sp³-hybridized carbons (Fsp3) is 0.423. The number of carbonyl (C=O) groups excluding carboxylic acids is 3. The van der Waals surface area contributed by atoms with Gasteiger partial charge in [-0.25, -0.2) is 0 Å². The number of nitrogens with one attached hydrogen (secondary N) is 2. The number of hydrogen-bond acceptors (Lipinski definition) is 5. The maximum atomic E-state index is 13.1. The standard InChI is InChI=1S/C26H30ClN3O5/c1-16(2)14-28-25(32)23(29-24(31)19-5-8-21-22(13-19)35-15-34-21)17-9-11-30(12-10-17)26(33)18-3-6-20(27)7-4-18/h3-8,13,16-17,23H,9-12,14-15H2,1-2H3,(H,28,32)(H,29,31). The van der Waals surface area contributed by atoms with Crippen molar-refractivity contribution in [1.82, 2.24) is 15.5 Å². The van der Waals surface area contributed by atoms with Crippen molar-refractivity contribution in [2.75, 3.05) is 26.4 Å². The minimum atomic E-state index is -0.709. The lowest BCUT2D eigenvalue weighted by Gasteiger charge is -2.36. The second kappa shape index (κ2) is 11.0. The number of ether oxygens (including phenoxy) is 2. The van der Waals surface area contributed by atoms with Crippen LogP contribution in [0.3, 0.4) is 0 Å². The van der Waals surface area contributed by atoms with Crippen molar-refractivity contribution in [3.05, 3.63) is 58.6 Å². The summed E-state index contributed by atoms with van der Waals surface area (Å²) in [5.74, 6) is 0.642. The van der Waals surface area contributed by atoms with Crippen molar-refractivity contribution in [3.8, 4) is 11.5 Å². The number of nitrogens with zero attached hydrogens (tertiary/aromatic N) is 1. The minimum Gasteiger partial charge on any atom is -0.454 e. The Morgan fingerprint density at radius 3 is 2.34 bits per heavy atom. The molecule has 0 radical (unpaired) electrons. The zero-order chi connectivity index (χ0) is 24.9. The van der Waals surface area contributed by atoms with Crippen LogP contribution in [0.2, 0.25) is 5.02 Å². The summed E-state index contributed by atoms with van der Waals surface area (Å²) in [7, 11) is 0. The van der Waals surface area contributed by atoms with Crippen LogP contribution in [0.15, 0.2) is 42.5 Å². The molecule has 2 heterocycles. The van der Waals surface area contributed by atoms with Gasteiger partial charge in [0.05, 0.1) is 0 Å². The van der Waals surface area contributed by atoms with Crippen molar-refractivity contribution >= 4 is 29.3 Å². The first-order valence-electron chi connectivity index (χ1n) is 11.8. The van der Waals surface area contributed by atoms with Crippen LogP contribution in [0, 0.1) is 11.8 Å². The highest BCUT2D eigenvalue weighted by Crippen LogP contribution is 2.32. The zero-order valence-corrected chi connectivity index (χ0v) is 20.6. The molecule has 2 aromatic rings. The third kappa shape index (κ3) is 6.06. The zero-order valence-electron chi connectivity index (χ0n) is 19.9. The van der Waals surface area contributed by atoms with Crippen molar-refractivity contribution in [1.29, 1.82) is 0 Å². The number of rotatable bonds is 7. The maximum absolute atomic E-state index is 13.1. The van der Waals surface area contributed by atoms with Crippen LogP contribution in [0.5, 0.6) is 11.5 Å². The van der Waals surface area contributed by atoms with E-state index < -0.39 is 6.04 Å². The van der Waals surface area contributed by atoms with E-state index in [4.69, 9.17) is 21.1 Å². The molecule has 0 spiro atoms. The molecule has 0 aliphatic carbocycles. The number of benzene rings is 2. The van der Waals surface area contributed by atoms with Crippen LogP contribution >= 0.6 is 11.6 Å². The normalized spacial score (nSPS) is 16.2. The number of carbonyl (C=O) groups is 3. The van der Waals surface area contributed by atoms with Gasteiger partial charge in [-0.15, -0.1) is 0 Å². The molecule has 4 rings (SSSR count). The van der Waals surface area contributed by atoms with E-state index in [1.165, 1.54) is 0 Å². The molecular weight excluding hydrogens is 470 g/mol. The Balaban J connectivity index is 1.43. The van der Waals surface area contributed by atoms with E-state index in [1.807, 2.05) is 13.8 Å². The van der Waals surface area contributed by atoms with Gasteiger partial charge in [0.1, 0.15) is 6.04 Å². The average Bonchev–Trinajstić information content (AvgIpc) is 3.34. The monoisotopic (exact) mass is 499 g/mol. The second-order valence-corrected chi connectivity index (χ2v) is 9.73. The van der Waals surface area contributed by atoms with Crippen molar-refractivity contribution < 1.29 is 23.9 Å². The van der Waals surface area contributed by atoms with Gasteiger partial charge >= 0.3 is 0 Å². The summed E-state index contributed by atoms with van der Waals surface area (Å²) in [6, 6.07) is 11.1. The molecule has 1 saturated heterocycles. The third-order valence-electron chi connectivity index (χ3n) is 6.28. The van der Waals surface area contributed by atoms with Gasteiger partial charge in [-0.1, -0.05) is 25.4 Å². The molecule has 0 saturated carbocycles. The Bertz CT molecular complexity index is 1080. The summed E-state index contributed by atoms with van der Waals surface area (Å²) in [4.78, 5) is 40.8. The molecule has 35 heavy (non-hydrogen) atoms. The summed E-state index contributed by atoms with van der Waals surface area (Å²) in [6.07, 6.45) is 1.20. The van der Waals surface area contributed by atoms with Crippen LogP contribution < -0.4 is 20.1 Å². The first kappa shape index (κ1) is 24.9. The molecule has 2 aromatic carbocycles. The third-order valence-corrected chi connectivity index (χ3v) is 6.53. The molecule has 9 heteroatoms. The van der Waals surface area contributed by atoms with Gasteiger partial charge in [0.2, 0.25) is 12.7 Å². The Hall–Kier alpha value is -3.26. The van der Waals surface area contributed by atoms with Gasteiger partial charge in [-0.2, -0.15) is 0 Å². The number of halogens is 1. The van der Waals surface area contributed by atoms with E-state index in [-0.39, 0.29) is 36.4 Å². The predicted molar refractivity (Wildman–Crippen MR) is 132 cm³/mol. The van der Waals surface area contributed by atoms with E-state index in [0.717, 1.165) is 0 Å². The number of fused-ring (bicyclic) bond motifs is 1. The molecule has 186 valence electrons. The molecule has 3 amide bonds. The maximum Gasteiger partial charge on any atom is 0.253 e. The summed E-state index contributed by atoms with van der Waals surface area (Å²) in [6.45, 7) is 5.67. The van der Waals surface area contributed by atoms with Gasteiger partial charge < -0.3 is 25.0 Å². The van der Waals surface area contributed by atoms with Crippen molar-refractivity contribution in [3.63, 3.8) is 0 Å². The molecule has 2 N–H and O–H groups in total. The van der Waals surface area contributed by atoms with E-state index >= 15 is 0 Å². The van der Waals surface area contributed by atoms with Gasteiger partial charge in [0.15, 0.2) is 11.5 Å². The van der Waals surface area contributed by atoms with E-state index in [1.54, 1.807) is 47.4 Å². The number of piperidine rings is 1. The van der Waals surface area contributed by atoms with Gasteiger partial charge in [0, 0.05) is 35.8 Å². The first-order chi connectivity index (χ1) is 16.8. The average molecular weight is 500 g/mol. The van der Waals surface area contributed by atoms with Crippen molar-refractivity contribution in [2.24, 2.45) is 11.8 Å². The Kier molecular flexibility index (Phi) is 7.80. The summed E-state index contributed by atoms with van der Waals surface area (Å²) >= 11 is 5.93. The summed E-state index contributed by atoms with van der Waals surface area (Å²) in [5.41, 5.74) is 0.974. The summed E-state index contributed by atoms with van der Waals surface area (Å²) < 4.78 is 10.7. The lowest BCUT2D eigenvalue weighted by atomic mass is 9.88. The Morgan fingerprint density at radius 2 is 1.66 bits per heavy atom. The Morgan fingerprint density at radius 1 is 1.00 bits per heavy atom. The molecule has 0 bridgehead atoms. The van der Waals surface area contributed by atoms with Crippen molar-refractivity contribution in [2.45, 2.75) is 32.7 Å². The molecule has 1 unspecified atom stereocenters. The van der Waals surface area contributed by atoms with Crippen LogP contribution in [0.4, 0.5) is 0 Å². The summed E-state index contributed by atoms with van der Waals surface area (Å²) in [5, 5.41) is 6.46.